The first-order valence-corrected chi connectivity index (χ1v) is 25.3. The van der Waals surface area contributed by atoms with Crippen LogP contribution in [0.2, 0.25) is 0 Å². The first-order valence-electron chi connectivity index (χ1n) is 25.3. The average Bonchev–Trinajstić information content (AvgIpc) is 3.52. The third-order valence-electron chi connectivity index (χ3n) is 15.7. The molecule has 0 fully saturated rings. The van der Waals surface area contributed by atoms with E-state index in [4.69, 9.17) is 18.9 Å². The molecule has 0 saturated carbocycles. The molecule has 8 aromatic carbocycles. The summed E-state index contributed by atoms with van der Waals surface area (Å²) in [6.07, 6.45) is -13.3. The van der Waals surface area contributed by atoms with E-state index in [0.717, 1.165) is 42.5 Å². The topological polar surface area (TPSA) is 381 Å². The summed E-state index contributed by atoms with van der Waals surface area (Å²) in [7, 11) is 0. The van der Waals surface area contributed by atoms with Gasteiger partial charge in [0, 0.05) is 81.3 Å². The lowest BCUT2D eigenvalue weighted by Crippen LogP contribution is -2.38. The molecule has 21 heteroatoms. The molecule has 0 saturated heterocycles. The molecule has 0 aliphatic carbocycles. The van der Waals surface area contributed by atoms with Gasteiger partial charge in [-0.3, -0.25) is 0 Å². The van der Waals surface area contributed by atoms with Crippen molar-refractivity contribution in [3.8, 4) is 97.7 Å². The fraction of sp³-hybridized carbons (Fsp3) is 0.200. The van der Waals surface area contributed by atoms with Crippen LogP contribution in [0.1, 0.15) is 103 Å². The highest BCUT2D eigenvalue weighted by Gasteiger charge is 2.51. The predicted molar refractivity (Wildman–Crippen MR) is 280 cm³/mol. The largest absolute Gasteiger partial charge is 0.508 e. The molecule has 21 nitrogen and oxygen atoms in total. The molecular weight excluding hydrogens is 1060 g/mol. The number of ether oxygens (including phenoxy) is 4. The van der Waals surface area contributed by atoms with Crippen LogP contribution in [-0.4, -0.2) is 111 Å². The molecule has 0 amide bonds. The molecule has 0 unspecified atom stereocenters. The number of aliphatic hydroxyl groups excluding tert-OH is 4. The number of fused-ring (bicyclic) bond motifs is 4. The maximum atomic E-state index is 13.5. The van der Waals surface area contributed by atoms with Gasteiger partial charge in [0.25, 0.3) is 0 Å². The fourth-order valence-electron chi connectivity index (χ4n) is 11.8. The van der Waals surface area contributed by atoms with E-state index < -0.39 is 142 Å². The zero-order valence-electron chi connectivity index (χ0n) is 41.8. The Labute approximate surface area is 457 Å². The van der Waals surface area contributed by atoms with Gasteiger partial charge in [-0.05, 0) is 89.0 Å². The van der Waals surface area contributed by atoms with Crippen LogP contribution in [0, 0.1) is 0 Å². The van der Waals surface area contributed by atoms with Crippen molar-refractivity contribution in [2.45, 2.75) is 73.0 Å². The highest BCUT2D eigenvalue weighted by Crippen LogP contribution is 2.62. The van der Waals surface area contributed by atoms with E-state index in [9.17, 15) is 86.8 Å². The molecule has 0 spiro atoms. The summed E-state index contributed by atoms with van der Waals surface area (Å²) in [6.45, 7) is 0. The third-order valence-corrected chi connectivity index (χ3v) is 15.7. The zero-order valence-corrected chi connectivity index (χ0v) is 41.8. The molecule has 0 bridgehead atoms. The molecule has 11 atom stereocenters. The molecule has 4 heterocycles. The Morgan fingerprint density at radius 1 is 0.309 bits per heavy atom. The number of aliphatic hydroxyl groups is 4. The smallest absolute Gasteiger partial charge is 0.157 e. The summed E-state index contributed by atoms with van der Waals surface area (Å²) in [5.74, 6) is -12.2. The summed E-state index contributed by atoms with van der Waals surface area (Å²) >= 11 is 0. The van der Waals surface area contributed by atoms with Gasteiger partial charge in [-0.25, -0.2) is 0 Å². The van der Waals surface area contributed by atoms with Gasteiger partial charge in [0.15, 0.2) is 64.3 Å². The Morgan fingerprint density at radius 2 is 0.704 bits per heavy atom. The van der Waals surface area contributed by atoms with Gasteiger partial charge in [0.1, 0.15) is 76.2 Å². The number of phenols is 13. The van der Waals surface area contributed by atoms with Gasteiger partial charge < -0.3 is 106 Å². The summed E-state index contributed by atoms with van der Waals surface area (Å²) in [5, 5.41) is 194. The third kappa shape index (κ3) is 8.48. The number of phenolic OH excluding ortho intramolecular Hbond substituents is 13. The van der Waals surface area contributed by atoms with Crippen LogP contribution < -0.4 is 18.9 Å². The van der Waals surface area contributed by atoms with Crippen molar-refractivity contribution in [2.24, 2.45) is 0 Å². The lowest BCUT2D eigenvalue weighted by atomic mass is 9.72. The van der Waals surface area contributed by atoms with Crippen LogP contribution >= 0.6 is 0 Å². The minimum Gasteiger partial charge on any atom is -0.508 e. The van der Waals surface area contributed by atoms with E-state index >= 15 is 0 Å². The van der Waals surface area contributed by atoms with Gasteiger partial charge in [0.05, 0.1) is 6.10 Å². The number of hydrogen-bond donors (Lipinski definition) is 17. The van der Waals surface area contributed by atoms with E-state index in [0.29, 0.717) is 0 Å². The van der Waals surface area contributed by atoms with Gasteiger partial charge in [-0.15, -0.1) is 0 Å². The maximum Gasteiger partial charge on any atom is 0.157 e. The highest BCUT2D eigenvalue weighted by molar-refractivity contribution is 5.71. The van der Waals surface area contributed by atoms with Crippen LogP contribution in [-0.2, 0) is 6.42 Å². The van der Waals surface area contributed by atoms with Crippen molar-refractivity contribution in [1.82, 2.24) is 0 Å². The highest BCUT2D eigenvalue weighted by atomic mass is 16.5. The summed E-state index contributed by atoms with van der Waals surface area (Å²) in [5.41, 5.74) is -0.427. The number of benzene rings is 8. The van der Waals surface area contributed by atoms with Crippen LogP contribution in [0.4, 0.5) is 0 Å². The van der Waals surface area contributed by atoms with E-state index in [1.54, 1.807) is 0 Å². The van der Waals surface area contributed by atoms with Gasteiger partial charge in [0.2, 0.25) is 0 Å². The number of rotatable bonds is 7. The van der Waals surface area contributed by atoms with Crippen molar-refractivity contribution in [3.63, 3.8) is 0 Å². The number of aromatic hydroxyl groups is 13. The Kier molecular flexibility index (Phi) is 12.3. The second kappa shape index (κ2) is 19.2. The molecule has 0 radical (unpaired) electrons. The Bertz CT molecular complexity index is 3860. The summed E-state index contributed by atoms with van der Waals surface area (Å²) in [4.78, 5) is 0. The van der Waals surface area contributed by atoms with Gasteiger partial charge in [-0.2, -0.15) is 0 Å². The Morgan fingerprint density at radius 3 is 1.15 bits per heavy atom. The van der Waals surface area contributed by atoms with Crippen molar-refractivity contribution in [1.29, 1.82) is 0 Å². The van der Waals surface area contributed by atoms with E-state index in [-0.39, 0.29) is 90.1 Å². The minimum absolute atomic E-state index is 0.0256. The molecule has 8 aromatic rings. The molecule has 416 valence electrons. The molecular formula is C60H50O21. The van der Waals surface area contributed by atoms with E-state index in [1.807, 2.05) is 0 Å². The molecule has 4 aliphatic rings. The SMILES string of the molecule is Oc1ccc2c(c1)O[C@H](c1ccc(O)c(O)c1)[C@@H](O)[C@@H]2c1cc2c(cc1O)O[C@H](c1ccc(O)c(O)c1)[C@@H](O)[C@@H]2c1c(O)c([C@@H]2c3ccc(O)cc3O[C@H](c3ccc(O)c(O)c3)[C@H]2O)c(O)c2c1O[C@H](c1ccc(O)c(O)c1)[C@H](O)C2. The van der Waals surface area contributed by atoms with Crippen molar-refractivity contribution in [2.75, 3.05) is 0 Å². The van der Waals surface area contributed by atoms with Gasteiger partial charge >= 0.3 is 0 Å². The molecule has 17 N–H and O–H groups in total. The van der Waals surface area contributed by atoms with E-state index in [1.165, 1.54) is 78.9 Å². The fourth-order valence-corrected chi connectivity index (χ4v) is 11.8. The van der Waals surface area contributed by atoms with Crippen LogP contribution in [0.15, 0.2) is 121 Å². The summed E-state index contributed by atoms with van der Waals surface area (Å²) in [6, 6.07) is 24.9. The average molecular weight is 1110 g/mol. The zero-order chi connectivity index (χ0) is 57.2. The minimum atomic E-state index is -1.94. The molecule has 0 aromatic heterocycles. The normalized spacial score (nSPS) is 24.4. The Hall–Kier alpha value is -9.80. The van der Waals surface area contributed by atoms with Gasteiger partial charge in [-0.1, -0.05) is 36.4 Å². The second-order valence-electron chi connectivity index (χ2n) is 20.5. The monoisotopic (exact) mass is 1110 g/mol. The first kappa shape index (κ1) is 51.9. The molecule has 12 rings (SSSR count). The quantitative estimate of drug-likeness (QED) is 0.0731. The predicted octanol–water partition coefficient (Wildman–Crippen LogP) is 6.78. The lowest BCUT2D eigenvalue weighted by molar-refractivity contribution is -0.000202. The number of hydrogen-bond acceptors (Lipinski definition) is 21. The van der Waals surface area contributed by atoms with Crippen molar-refractivity contribution >= 4 is 0 Å². The maximum absolute atomic E-state index is 13.5. The molecule has 81 heavy (non-hydrogen) atoms. The van der Waals surface area contributed by atoms with E-state index in [2.05, 4.69) is 0 Å². The Balaban J connectivity index is 1.13. The van der Waals surface area contributed by atoms with Crippen molar-refractivity contribution in [3.05, 3.63) is 183 Å². The molecule has 4 aliphatic heterocycles. The van der Waals surface area contributed by atoms with Crippen LogP contribution in [0.3, 0.4) is 0 Å². The lowest BCUT2D eigenvalue weighted by Gasteiger charge is -2.43. The second-order valence-corrected chi connectivity index (χ2v) is 20.5. The summed E-state index contributed by atoms with van der Waals surface area (Å²) < 4.78 is 25.7. The van der Waals surface area contributed by atoms with Crippen LogP contribution in [0.5, 0.6) is 97.7 Å². The standard InChI is InChI=1S/C60H50O21/c61-26-5-7-28-43(17-26)78-57(23-2-10-34(64)39(69)14-23)53(75)46(28)30-19-31-45(21-37(30)67)80-59(25-4-12-36(66)41(71)16-25)55(77)48(31)50-52(74)49(51(73)32-20-42(72)56(81-60(32)50)22-1-9-33(63)38(68)13-22)47-29-8-6-27(62)18-44(29)79-58(54(47)76)24-3-11-35(65)40(70)15-24/h1-19,21,42,46-48,53-59,61-77H,20H2/t42-,46+,47+,48+,53+,54+,55+,56-,57-,58-,59-/m1/s1. The van der Waals surface area contributed by atoms with Crippen LogP contribution in [0.25, 0.3) is 0 Å². The first-order chi connectivity index (χ1) is 38.7. The van der Waals surface area contributed by atoms with Crippen molar-refractivity contribution < 1.29 is 106 Å².